The molecule has 0 saturated carbocycles. The minimum atomic E-state index is -0.666. The van der Waals surface area contributed by atoms with E-state index < -0.39 is 6.10 Å². The van der Waals surface area contributed by atoms with E-state index in [1.54, 1.807) is 11.0 Å². The molecule has 5 heteroatoms. The average molecular weight is 274 g/mol. The van der Waals surface area contributed by atoms with Crippen LogP contribution in [0.5, 0.6) is 0 Å². The van der Waals surface area contributed by atoms with Crippen molar-refractivity contribution >= 4 is 11.9 Å². The van der Waals surface area contributed by atoms with Gasteiger partial charge in [-0.25, -0.2) is 4.79 Å². The first-order valence-electron chi connectivity index (χ1n) is 6.91. The molecule has 3 rings (SSSR count). The molecular weight excluding hydrogens is 256 g/mol. The van der Waals surface area contributed by atoms with Gasteiger partial charge < -0.3 is 14.5 Å². The summed E-state index contributed by atoms with van der Waals surface area (Å²) < 4.78 is 5.31. The van der Waals surface area contributed by atoms with E-state index in [-0.39, 0.29) is 11.9 Å². The topological polar surface area (TPSA) is 49.9 Å². The number of piperazine rings is 1. The number of fused-ring (bicyclic) bond motifs is 1. The molecule has 2 aliphatic heterocycles. The standard InChI is InChI=1S/C15H18N2O3/c1-16-6-8-17(9-7-16)14(18)13-10-11-4-2-3-5-12(11)15(19)20-13/h2-5,13H,6-10H2,1H3. The maximum Gasteiger partial charge on any atom is 0.339 e. The lowest BCUT2D eigenvalue weighted by molar-refractivity contribution is -0.142. The molecule has 1 amide bonds. The zero-order valence-electron chi connectivity index (χ0n) is 11.5. The van der Waals surface area contributed by atoms with E-state index in [1.807, 2.05) is 25.2 Å². The summed E-state index contributed by atoms with van der Waals surface area (Å²) in [7, 11) is 2.04. The highest BCUT2D eigenvalue weighted by Gasteiger charge is 2.34. The first-order valence-corrected chi connectivity index (χ1v) is 6.91. The van der Waals surface area contributed by atoms with Crippen molar-refractivity contribution in [2.75, 3.05) is 33.2 Å². The predicted octanol–water partition coefficient (Wildman–Crippen LogP) is 0.542. The van der Waals surface area contributed by atoms with Crippen LogP contribution in [0.25, 0.3) is 0 Å². The van der Waals surface area contributed by atoms with Crippen LogP contribution in [0, 0.1) is 0 Å². The number of nitrogens with zero attached hydrogens (tertiary/aromatic N) is 2. The quantitative estimate of drug-likeness (QED) is 0.702. The number of carbonyl (C=O) groups excluding carboxylic acids is 2. The molecule has 20 heavy (non-hydrogen) atoms. The minimum Gasteiger partial charge on any atom is -0.448 e. The lowest BCUT2D eigenvalue weighted by Crippen LogP contribution is -2.52. The summed E-state index contributed by atoms with van der Waals surface area (Å²) in [6, 6.07) is 7.33. The molecule has 0 bridgehead atoms. The second-order valence-corrected chi connectivity index (χ2v) is 5.38. The highest BCUT2D eigenvalue weighted by molar-refractivity contribution is 5.95. The first kappa shape index (κ1) is 13.1. The number of likely N-dealkylation sites (N-methyl/N-ethyl adjacent to an activating group) is 1. The van der Waals surface area contributed by atoms with Crippen LogP contribution in [0.1, 0.15) is 15.9 Å². The van der Waals surface area contributed by atoms with Gasteiger partial charge in [-0.15, -0.1) is 0 Å². The van der Waals surface area contributed by atoms with Gasteiger partial charge in [-0.05, 0) is 18.7 Å². The van der Waals surface area contributed by atoms with Crippen molar-refractivity contribution in [2.24, 2.45) is 0 Å². The third-order valence-electron chi connectivity index (χ3n) is 3.98. The Morgan fingerprint density at radius 1 is 1.20 bits per heavy atom. The van der Waals surface area contributed by atoms with E-state index in [0.717, 1.165) is 18.7 Å². The summed E-state index contributed by atoms with van der Waals surface area (Å²) in [5, 5.41) is 0. The van der Waals surface area contributed by atoms with E-state index in [0.29, 0.717) is 25.1 Å². The summed E-state index contributed by atoms with van der Waals surface area (Å²) >= 11 is 0. The number of amides is 1. The van der Waals surface area contributed by atoms with Crippen molar-refractivity contribution in [2.45, 2.75) is 12.5 Å². The molecule has 2 aliphatic rings. The van der Waals surface area contributed by atoms with Crippen LogP contribution in [-0.4, -0.2) is 61.0 Å². The molecule has 0 N–H and O–H groups in total. The number of carbonyl (C=O) groups is 2. The van der Waals surface area contributed by atoms with Gasteiger partial charge in [0.15, 0.2) is 6.10 Å². The van der Waals surface area contributed by atoms with E-state index in [2.05, 4.69) is 4.90 Å². The maximum absolute atomic E-state index is 12.4. The van der Waals surface area contributed by atoms with Crippen LogP contribution in [-0.2, 0) is 16.0 Å². The van der Waals surface area contributed by atoms with Gasteiger partial charge in [-0.1, -0.05) is 18.2 Å². The van der Waals surface area contributed by atoms with E-state index in [4.69, 9.17) is 4.74 Å². The van der Waals surface area contributed by atoms with Crippen molar-refractivity contribution in [1.82, 2.24) is 9.80 Å². The minimum absolute atomic E-state index is 0.0686. The Kier molecular flexibility index (Phi) is 3.44. The molecule has 5 nitrogen and oxygen atoms in total. The fourth-order valence-corrected chi connectivity index (χ4v) is 2.70. The lowest BCUT2D eigenvalue weighted by atomic mass is 9.98. The largest absolute Gasteiger partial charge is 0.448 e. The van der Waals surface area contributed by atoms with E-state index in [9.17, 15) is 9.59 Å². The highest BCUT2D eigenvalue weighted by Crippen LogP contribution is 2.22. The normalized spacial score (nSPS) is 23.1. The number of ether oxygens (including phenoxy) is 1. The molecule has 1 aromatic carbocycles. The molecule has 0 radical (unpaired) electrons. The van der Waals surface area contributed by atoms with Crippen molar-refractivity contribution in [3.05, 3.63) is 35.4 Å². The number of hydrogen-bond donors (Lipinski definition) is 0. The third kappa shape index (κ3) is 2.41. The fourth-order valence-electron chi connectivity index (χ4n) is 2.70. The molecular formula is C15H18N2O3. The van der Waals surface area contributed by atoms with Gasteiger partial charge in [0.25, 0.3) is 5.91 Å². The van der Waals surface area contributed by atoms with Crippen molar-refractivity contribution in [1.29, 1.82) is 0 Å². The molecule has 0 spiro atoms. The van der Waals surface area contributed by atoms with Crippen LogP contribution in [0.2, 0.25) is 0 Å². The Bertz CT molecular complexity index is 536. The van der Waals surface area contributed by atoms with Gasteiger partial charge in [0.1, 0.15) is 0 Å². The molecule has 0 aliphatic carbocycles. The summed E-state index contributed by atoms with van der Waals surface area (Å²) in [6.45, 7) is 3.13. The smallest absolute Gasteiger partial charge is 0.339 e. The Hall–Kier alpha value is -1.88. The van der Waals surface area contributed by atoms with Crippen LogP contribution < -0.4 is 0 Å². The Morgan fingerprint density at radius 3 is 2.65 bits per heavy atom. The molecule has 1 aromatic rings. The Balaban J connectivity index is 1.73. The SMILES string of the molecule is CN1CCN(C(=O)C2Cc3ccccc3C(=O)O2)CC1. The van der Waals surface area contributed by atoms with Crippen LogP contribution >= 0.6 is 0 Å². The fraction of sp³-hybridized carbons (Fsp3) is 0.467. The van der Waals surface area contributed by atoms with Gasteiger partial charge in [0, 0.05) is 32.6 Å². The second kappa shape index (κ2) is 5.25. The molecule has 106 valence electrons. The van der Waals surface area contributed by atoms with E-state index >= 15 is 0 Å². The molecule has 1 unspecified atom stereocenters. The number of rotatable bonds is 1. The summed E-state index contributed by atoms with van der Waals surface area (Å²) in [5.74, 6) is -0.458. The van der Waals surface area contributed by atoms with Gasteiger partial charge in [0.2, 0.25) is 0 Å². The first-order chi connectivity index (χ1) is 9.65. The van der Waals surface area contributed by atoms with Gasteiger partial charge in [-0.2, -0.15) is 0 Å². The molecule has 0 aromatic heterocycles. The molecule has 2 heterocycles. The molecule has 1 atom stereocenters. The zero-order chi connectivity index (χ0) is 14.1. The maximum atomic E-state index is 12.4. The van der Waals surface area contributed by atoms with Gasteiger partial charge in [-0.3, -0.25) is 4.79 Å². The number of esters is 1. The summed E-state index contributed by atoms with van der Waals surface area (Å²) in [5.41, 5.74) is 1.48. The van der Waals surface area contributed by atoms with Gasteiger partial charge >= 0.3 is 5.97 Å². The van der Waals surface area contributed by atoms with Crippen LogP contribution in [0.3, 0.4) is 0 Å². The molecule has 1 saturated heterocycles. The summed E-state index contributed by atoms with van der Waals surface area (Å²) in [6.07, 6.45) is -0.187. The third-order valence-corrected chi connectivity index (χ3v) is 3.98. The van der Waals surface area contributed by atoms with E-state index in [1.165, 1.54) is 0 Å². The van der Waals surface area contributed by atoms with Gasteiger partial charge in [0.05, 0.1) is 5.56 Å². The molecule has 1 fully saturated rings. The monoisotopic (exact) mass is 274 g/mol. The summed E-state index contributed by atoms with van der Waals surface area (Å²) in [4.78, 5) is 28.4. The van der Waals surface area contributed by atoms with Crippen LogP contribution in [0.15, 0.2) is 24.3 Å². The number of hydrogen-bond acceptors (Lipinski definition) is 4. The van der Waals surface area contributed by atoms with Crippen molar-refractivity contribution in [3.8, 4) is 0 Å². The van der Waals surface area contributed by atoms with Crippen molar-refractivity contribution < 1.29 is 14.3 Å². The second-order valence-electron chi connectivity index (χ2n) is 5.38. The zero-order valence-corrected chi connectivity index (χ0v) is 11.5. The highest BCUT2D eigenvalue weighted by atomic mass is 16.5. The van der Waals surface area contributed by atoms with Crippen molar-refractivity contribution in [3.63, 3.8) is 0 Å². The number of benzene rings is 1. The Labute approximate surface area is 118 Å². The Morgan fingerprint density at radius 2 is 1.90 bits per heavy atom. The van der Waals surface area contributed by atoms with Crippen LogP contribution in [0.4, 0.5) is 0 Å². The lowest BCUT2D eigenvalue weighted by Gasteiger charge is -2.35. The predicted molar refractivity (Wildman–Crippen MR) is 73.4 cm³/mol. The number of cyclic esters (lactones) is 1. The average Bonchev–Trinajstić information content (AvgIpc) is 2.47.